The molecule has 0 heterocycles. The molecule has 0 aromatic heterocycles. The Bertz CT molecular complexity index is 717. The molecule has 0 saturated heterocycles. The molecule has 5 nitrogen and oxygen atoms in total. The van der Waals surface area contributed by atoms with Gasteiger partial charge in [0.15, 0.2) is 0 Å². The molecular weight excluding hydrogens is 341 g/mol. The van der Waals surface area contributed by atoms with Crippen LogP contribution < -0.4 is 16.8 Å². The number of halogens is 2. The normalized spacial score (nSPS) is 10.2. The maximum absolute atomic E-state index is 13.2. The highest BCUT2D eigenvalue weighted by Gasteiger charge is 2.13. The summed E-state index contributed by atoms with van der Waals surface area (Å²) in [4.78, 5) is 23.1. The van der Waals surface area contributed by atoms with Gasteiger partial charge >= 0.3 is 0 Å². The van der Waals surface area contributed by atoms with E-state index in [1.807, 2.05) is 0 Å². The first-order valence-electron chi connectivity index (χ1n) is 5.84. The molecule has 0 spiro atoms. The second kappa shape index (κ2) is 5.92. The molecule has 108 valence electrons. The highest BCUT2D eigenvalue weighted by atomic mass is 79.9. The maximum atomic E-state index is 13.2. The fourth-order valence-corrected chi connectivity index (χ4v) is 2.15. The summed E-state index contributed by atoms with van der Waals surface area (Å²) in [6, 6.07) is 8.43. The van der Waals surface area contributed by atoms with Gasteiger partial charge in [0, 0.05) is 15.7 Å². The maximum Gasteiger partial charge on any atom is 0.256 e. The summed E-state index contributed by atoms with van der Waals surface area (Å²) in [5.74, 6) is -1.62. The second-order valence-electron chi connectivity index (χ2n) is 4.25. The van der Waals surface area contributed by atoms with Crippen molar-refractivity contribution in [3.8, 4) is 0 Å². The second-order valence-corrected chi connectivity index (χ2v) is 5.10. The third-order valence-corrected chi connectivity index (χ3v) is 3.41. The van der Waals surface area contributed by atoms with Crippen molar-refractivity contribution in [2.75, 3.05) is 11.1 Å². The van der Waals surface area contributed by atoms with Crippen molar-refractivity contribution in [1.82, 2.24) is 0 Å². The van der Waals surface area contributed by atoms with Crippen LogP contribution in [0.25, 0.3) is 0 Å². The van der Waals surface area contributed by atoms with Crippen molar-refractivity contribution in [1.29, 1.82) is 0 Å². The highest BCUT2D eigenvalue weighted by molar-refractivity contribution is 9.10. The zero-order chi connectivity index (χ0) is 15.6. The number of primary amides is 1. The minimum atomic E-state index is -0.607. The quantitative estimate of drug-likeness (QED) is 0.741. The topological polar surface area (TPSA) is 98.2 Å². The molecule has 2 rings (SSSR count). The largest absolute Gasteiger partial charge is 0.396 e. The zero-order valence-corrected chi connectivity index (χ0v) is 12.3. The summed E-state index contributed by atoms with van der Waals surface area (Å²) in [5.41, 5.74) is 11.5. The van der Waals surface area contributed by atoms with Crippen LogP contribution in [0.2, 0.25) is 0 Å². The van der Waals surface area contributed by atoms with Gasteiger partial charge in [-0.3, -0.25) is 9.59 Å². The number of rotatable bonds is 3. The molecule has 0 bridgehead atoms. The third-order valence-electron chi connectivity index (χ3n) is 2.76. The van der Waals surface area contributed by atoms with Gasteiger partial charge in [-0.25, -0.2) is 4.39 Å². The Hall–Kier alpha value is -2.41. The molecule has 21 heavy (non-hydrogen) atoms. The summed E-state index contributed by atoms with van der Waals surface area (Å²) in [6.45, 7) is 0. The molecule has 2 aromatic carbocycles. The monoisotopic (exact) mass is 351 g/mol. The van der Waals surface area contributed by atoms with Gasteiger partial charge < -0.3 is 16.8 Å². The first-order valence-corrected chi connectivity index (χ1v) is 6.63. The molecule has 0 aliphatic rings. The lowest BCUT2D eigenvalue weighted by Crippen LogP contribution is -2.14. The van der Waals surface area contributed by atoms with E-state index in [0.717, 1.165) is 6.07 Å². The zero-order valence-electron chi connectivity index (χ0n) is 10.7. The molecular formula is C14H11BrFN3O2. The van der Waals surface area contributed by atoms with Gasteiger partial charge in [0.05, 0.1) is 11.3 Å². The molecule has 0 fully saturated rings. The number of nitrogens with one attached hydrogen (secondary N) is 1. The van der Waals surface area contributed by atoms with Gasteiger partial charge in [0.25, 0.3) is 5.91 Å². The third kappa shape index (κ3) is 3.38. The van der Waals surface area contributed by atoms with E-state index in [4.69, 9.17) is 11.5 Å². The summed E-state index contributed by atoms with van der Waals surface area (Å²) < 4.78 is 13.5. The highest BCUT2D eigenvalue weighted by Crippen LogP contribution is 2.24. The molecule has 2 aromatic rings. The van der Waals surface area contributed by atoms with Crippen LogP contribution in [0.15, 0.2) is 40.9 Å². The Balaban J connectivity index is 2.22. The van der Waals surface area contributed by atoms with E-state index in [1.54, 1.807) is 12.1 Å². The first-order chi connectivity index (χ1) is 9.88. The Morgan fingerprint density at radius 3 is 2.33 bits per heavy atom. The Kier molecular flexibility index (Phi) is 4.23. The molecule has 7 heteroatoms. The van der Waals surface area contributed by atoms with Crippen molar-refractivity contribution in [2.24, 2.45) is 5.73 Å². The van der Waals surface area contributed by atoms with Crippen LogP contribution in [0.4, 0.5) is 15.8 Å². The van der Waals surface area contributed by atoms with E-state index in [1.165, 1.54) is 18.2 Å². The predicted molar refractivity (Wildman–Crippen MR) is 81.4 cm³/mol. The lowest BCUT2D eigenvalue weighted by Gasteiger charge is -2.08. The lowest BCUT2D eigenvalue weighted by molar-refractivity contribution is 0.0998. The van der Waals surface area contributed by atoms with Gasteiger partial charge in [0.2, 0.25) is 5.91 Å². The van der Waals surface area contributed by atoms with E-state index in [-0.39, 0.29) is 11.3 Å². The summed E-state index contributed by atoms with van der Waals surface area (Å²) in [5, 5.41) is 2.61. The molecule has 2 amide bonds. The minimum Gasteiger partial charge on any atom is -0.396 e. The van der Waals surface area contributed by atoms with Gasteiger partial charge in [-0.15, -0.1) is 0 Å². The molecule has 5 N–H and O–H groups in total. The molecule has 0 aliphatic carbocycles. The standard InChI is InChI=1S/C14H11BrFN3O2/c15-10-6-11(16)12(17)5-9(10)14(21)19-8-3-1-7(2-4-8)13(18)20/h1-6H,17H2,(H2,18,20)(H,19,21). The number of carbonyl (C=O) groups is 2. The molecule has 0 aliphatic heterocycles. The SMILES string of the molecule is NC(=O)c1ccc(NC(=O)c2cc(N)c(F)cc2Br)cc1. The molecule has 0 atom stereocenters. The van der Waals surface area contributed by atoms with E-state index < -0.39 is 17.6 Å². The number of hydrogen-bond donors (Lipinski definition) is 3. The first kappa shape index (κ1) is 15.0. The average Bonchev–Trinajstić information content (AvgIpc) is 2.43. The van der Waals surface area contributed by atoms with Crippen LogP contribution in [-0.2, 0) is 0 Å². The van der Waals surface area contributed by atoms with Crippen LogP contribution in [0.3, 0.4) is 0 Å². The summed E-state index contributed by atoms with van der Waals surface area (Å²) in [7, 11) is 0. The summed E-state index contributed by atoms with van der Waals surface area (Å²) >= 11 is 3.11. The number of benzene rings is 2. The lowest BCUT2D eigenvalue weighted by atomic mass is 10.1. The van der Waals surface area contributed by atoms with Crippen LogP contribution in [0.5, 0.6) is 0 Å². The van der Waals surface area contributed by atoms with E-state index in [0.29, 0.717) is 15.7 Å². The van der Waals surface area contributed by atoms with Crippen LogP contribution in [0.1, 0.15) is 20.7 Å². The summed E-state index contributed by atoms with van der Waals surface area (Å²) in [6.07, 6.45) is 0. The molecule has 0 radical (unpaired) electrons. The van der Waals surface area contributed by atoms with Crippen molar-refractivity contribution in [3.05, 3.63) is 57.8 Å². The van der Waals surface area contributed by atoms with Gasteiger partial charge in [0.1, 0.15) is 5.82 Å². The fraction of sp³-hybridized carbons (Fsp3) is 0. The van der Waals surface area contributed by atoms with Crippen LogP contribution in [0, 0.1) is 5.82 Å². The van der Waals surface area contributed by atoms with Crippen molar-refractivity contribution < 1.29 is 14.0 Å². The Morgan fingerprint density at radius 1 is 1.14 bits per heavy atom. The number of amides is 2. The average molecular weight is 352 g/mol. The molecule has 0 saturated carbocycles. The fourth-order valence-electron chi connectivity index (χ4n) is 1.66. The van der Waals surface area contributed by atoms with Crippen LogP contribution in [-0.4, -0.2) is 11.8 Å². The van der Waals surface area contributed by atoms with Gasteiger partial charge in [-0.05, 0) is 52.3 Å². The van der Waals surface area contributed by atoms with Crippen molar-refractivity contribution in [3.63, 3.8) is 0 Å². The van der Waals surface area contributed by atoms with Crippen LogP contribution >= 0.6 is 15.9 Å². The number of anilines is 2. The minimum absolute atomic E-state index is 0.118. The number of nitrogens with two attached hydrogens (primary N) is 2. The van der Waals surface area contributed by atoms with E-state index in [9.17, 15) is 14.0 Å². The number of hydrogen-bond acceptors (Lipinski definition) is 3. The predicted octanol–water partition coefficient (Wildman–Crippen LogP) is 2.52. The van der Waals surface area contributed by atoms with Crippen molar-refractivity contribution >= 4 is 39.1 Å². The van der Waals surface area contributed by atoms with E-state index >= 15 is 0 Å². The number of carbonyl (C=O) groups excluding carboxylic acids is 2. The Labute approximate surface area is 128 Å². The van der Waals surface area contributed by atoms with Crippen molar-refractivity contribution in [2.45, 2.75) is 0 Å². The number of nitrogen functional groups attached to an aromatic ring is 1. The Morgan fingerprint density at radius 2 is 1.76 bits per heavy atom. The molecule has 0 unspecified atom stereocenters. The van der Waals surface area contributed by atoms with Gasteiger partial charge in [-0.1, -0.05) is 0 Å². The van der Waals surface area contributed by atoms with Gasteiger partial charge in [-0.2, -0.15) is 0 Å². The van der Waals surface area contributed by atoms with E-state index in [2.05, 4.69) is 21.2 Å². The smallest absolute Gasteiger partial charge is 0.256 e.